The van der Waals surface area contributed by atoms with Gasteiger partial charge in [0.2, 0.25) is 5.54 Å². The Labute approximate surface area is 184 Å². The number of rotatable bonds is 3. The molecule has 1 amide bonds. The number of carbonyl (C=O) groups excluding carboxylic acids is 1. The molecule has 5 rings (SSSR count). The third-order valence-corrected chi connectivity index (χ3v) is 5.52. The number of nitrogens with zero attached hydrogens (tertiary/aromatic N) is 1. The minimum Gasteiger partial charge on any atom is -0.406 e. The van der Waals surface area contributed by atoms with Crippen LogP contribution in [-0.4, -0.2) is 22.1 Å². The van der Waals surface area contributed by atoms with E-state index in [1.165, 1.54) is 0 Å². The first-order chi connectivity index (χ1) is 15.1. The summed E-state index contributed by atoms with van der Waals surface area (Å²) in [7, 11) is 0. The predicted molar refractivity (Wildman–Crippen MR) is 125 cm³/mol. The van der Waals surface area contributed by atoms with Crippen molar-refractivity contribution in [1.82, 2.24) is 5.48 Å². The fourth-order valence-electron chi connectivity index (χ4n) is 3.90. The number of hydrogen-bond acceptors (Lipinski definition) is 5. The molecule has 31 heavy (non-hydrogen) atoms. The number of hydrogen-bond donors (Lipinski definition) is 3. The molecule has 0 fully saturated rings. The van der Waals surface area contributed by atoms with Gasteiger partial charge in [0.15, 0.2) is 5.76 Å². The first-order valence-electron chi connectivity index (χ1n) is 9.70. The second-order valence-electron chi connectivity index (χ2n) is 7.19. The van der Waals surface area contributed by atoms with E-state index in [4.69, 9.17) is 27.8 Å². The summed E-state index contributed by atoms with van der Waals surface area (Å²) in [5.74, 6) is 0.0200. The first-order valence-corrected chi connectivity index (χ1v) is 10.1. The molecule has 2 heterocycles. The SMILES string of the molecule is NC(=S)C1=C(c2ccccc2)ONC12C(=O)Nc1ccccc1N=C2c1ccccc1. The van der Waals surface area contributed by atoms with E-state index >= 15 is 0 Å². The van der Waals surface area contributed by atoms with Crippen LogP contribution in [0.3, 0.4) is 0 Å². The van der Waals surface area contributed by atoms with Crippen LogP contribution in [0.15, 0.2) is 95.5 Å². The van der Waals surface area contributed by atoms with Crippen molar-refractivity contribution < 1.29 is 9.63 Å². The van der Waals surface area contributed by atoms with Crippen LogP contribution in [0.2, 0.25) is 0 Å². The zero-order chi connectivity index (χ0) is 21.4. The molecule has 4 N–H and O–H groups in total. The molecule has 1 spiro atoms. The monoisotopic (exact) mass is 426 g/mol. The second kappa shape index (κ2) is 7.46. The van der Waals surface area contributed by atoms with Gasteiger partial charge in [0.1, 0.15) is 4.99 Å². The van der Waals surface area contributed by atoms with Gasteiger partial charge in [0.25, 0.3) is 5.91 Å². The molecule has 0 aromatic heterocycles. The normalized spacial score (nSPS) is 19.9. The lowest BCUT2D eigenvalue weighted by atomic mass is 9.80. The van der Waals surface area contributed by atoms with Gasteiger partial charge >= 0.3 is 0 Å². The summed E-state index contributed by atoms with van der Waals surface area (Å²) in [6.07, 6.45) is 0. The molecular weight excluding hydrogens is 408 g/mol. The van der Waals surface area contributed by atoms with Crippen LogP contribution in [0.5, 0.6) is 0 Å². The molecule has 0 radical (unpaired) electrons. The van der Waals surface area contributed by atoms with Gasteiger partial charge < -0.3 is 15.9 Å². The summed E-state index contributed by atoms with van der Waals surface area (Å²) in [5.41, 5.74) is 11.1. The molecule has 6 nitrogen and oxygen atoms in total. The molecule has 152 valence electrons. The molecule has 7 heteroatoms. The van der Waals surface area contributed by atoms with E-state index in [9.17, 15) is 4.79 Å². The minimum atomic E-state index is -1.53. The molecule has 1 atom stereocenters. The highest BCUT2D eigenvalue weighted by Crippen LogP contribution is 2.41. The number of hydroxylamine groups is 1. The van der Waals surface area contributed by atoms with E-state index < -0.39 is 5.54 Å². The van der Waals surface area contributed by atoms with E-state index in [2.05, 4.69) is 10.8 Å². The Bertz CT molecular complexity index is 1250. The minimum absolute atomic E-state index is 0.0496. The molecule has 0 saturated heterocycles. The second-order valence-corrected chi connectivity index (χ2v) is 7.63. The molecule has 3 aromatic carbocycles. The number of nitrogens with two attached hydrogens (primary N) is 1. The van der Waals surface area contributed by atoms with E-state index in [-0.39, 0.29) is 10.9 Å². The Balaban J connectivity index is 1.83. The topological polar surface area (TPSA) is 88.7 Å². The zero-order valence-electron chi connectivity index (χ0n) is 16.3. The van der Waals surface area contributed by atoms with Gasteiger partial charge in [0, 0.05) is 5.56 Å². The largest absolute Gasteiger partial charge is 0.406 e. The summed E-state index contributed by atoms with van der Waals surface area (Å²) < 4.78 is 0. The maximum absolute atomic E-state index is 13.8. The summed E-state index contributed by atoms with van der Waals surface area (Å²) >= 11 is 5.44. The lowest BCUT2D eigenvalue weighted by Gasteiger charge is -2.28. The number of nitrogens with one attached hydrogen (secondary N) is 2. The fraction of sp³-hybridized carbons (Fsp3) is 0.0417. The average Bonchev–Trinajstić information content (AvgIpc) is 3.16. The van der Waals surface area contributed by atoms with E-state index in [1.807, 2.05) is 78.9 Å². The van der Waals surface area contributed by atoms with Crippen molar-refractivity contribution in [3.63, 3.8) is 0 Å². The number of carbonyl (C=O) groups is 1. The third-order valence-electron chi connectivity index (χ3n) is 5.32. The maximum Gasteiger partial charge on any atom is 0.259 e. The average molecular weight is 427 g/mol. The smallest absolute Gasteiger partial charge is 0.259 e. The first kappa shape index (κ1) is 19.2. The number of thiocarbonyl (C=S) groups is 1. The van der Waals surface area contributed by atoms with Crippen molar-refractivity contribution in [3.05, 3.63) is 102 Å². The van der Waals surface area contributed by atoms with Crippen molar-refractivity contribution >= 4 is 46.0 Å². The van der Waals surface area contributed by atoms with Gasteiger partial charge in [-0.1, -0.05) is 85.0 Å². The van der Waals surface area contributed by atoms with Crippen LogP contribution < -0.4 is 16.5 Å². The van der Waals surface area contributed by atoms with Crippen molar-refractivity contribution in [2.45, 2.75) is 5.54 Å². The van der Waals surface area contributed by atoms with Crippen LogP contribution in [0.1, 0.15) is 11.1 Å². The van der Waals surface area contributed by atoms with Crippen LogP contribution in [0, 0.1) is 0 Å². The third kappa shape index (κ3) is 3.02. The Hall–Kier alpha value is -3.81. The lowest BCUT2D eigenvalue weighted by Crippen LogP contribution is -2.60. The Morgan fingerprint density at radius 1 is 0.903 bits per heavy atom. The van der Waals surface area contributed by atoms with Gasteiger partial charge in [-0.15, -0.1) is 5.48 Å². The predicted octanol–water partition coefficient (Wildman–Crippen LogP) is 3.73. The van der Waals surface area contributed by atoms with E-state index in [0.29, 0.717) is 28.4 Å². The Morgan fingerprint density at radius 3 is 2.19 bits per heavy atom. The van der Waals surface area contributed by atoms with Gasteiger partial charge in [-0.25, -0.2) is 4.99 Å². The van der Waals surface area contributed by atoms with Crippen molar-refractivity contribution in [2.75, 3.05) is 5.32 Å². The molecule has 2 aliphatic rings. The van der Waals surface area contributed by atoms with Crippen LogP contribution in [-0.2, 0) is 9.63 Å². The highest BCUT2D eigenvalue weighted by Gasteiger charge is 2.56. The van der Waals surface area contributed by atoms with Crippen LogP contribution in [0.4, 0.5) is 11.4 Å². The number of amides is 1. The fourth-order valence-corrected chi connectivity index (χ4v) is 4.14. The number of benzene rings is 3. The highest BCUT2D eigenvalue weighted by atomic mass is 32.1. The van der Waals surface area contributed by atoms with Crippen molar-refractivity contribution in [3.8, 4) is 0 Å². The van der Waals surface area contributed by atoms with Crippen molar-refractivity contribution in [1.29, 1.82) is 0 Å². The summed E-state index contributed by atoms with van der Waals surface area (Å²) in [5, 5.41) is 2.97. The standard InChI is InChI=1S/C24H18N4O2S/c25-22(31)19-20(15-9-3-1-4-10-15)30-28-24(19)21(16-11-5-2-6-12-16)26-17-13-7-8-14-18(17)27-23(24)29/h1-14,28H,(H2,25,31)(H,27,29). The molecular formula is C24H18N4O2S. The van der Waals surface area contributed by atoms with Crippen LogP contribution in [0.25, 0.3) is 5.76 Å². The molecule has 1 unspecified atom stereocenters. The molecule has 3 aromatic rings. The highest BCUT2D eigenvalue weighted by molar-refractivity contribution is 7.80. The number of fused-ring (bicyclic) bond motifs is 1. The number of anilines is 1. The van der Waals surface area contributed by atoms with Crippen molar-refractivity contribution in [2.24, 2.45) is 10.7 Å². The van der Waals surface area contributed by atoms with E-state index in [1.54, 1.807) is 6.07 Å². The number of para-hydroxylation sites is 2. The molecule has 0 saturated carbocycles. The van der Waals surface area contributed by atoms with Gasteiger partial charge in [-0.3, -0.25) is 4.79 Å². The van der Waals surface area contributed by atoms with Gasteiger partial charge in [-0.2, -0.15) is 0 Å². The summed E-state index contributed by atoms with van der Waals surface area (Å²) in [6.45, 7) is 0. The summed E-state index contributed by atoms with van der Waals surface area (Å²) in [4.78, 5) is 24.6. The molecule has 0 aliphatic carbocycles. The van der Waals surface area contributed by atoms with Gasteiger partial charge in [0.05, 0.1) is 22.7 Å². The van der Waals surface area contributed by atoms with Gasteiger partial charge in [-0.05, 0) is 17.7 Å². The Morgan fingerprint density at radius 2 is 1.52 bits per heavy atom. The zero-order valence-corrected chi connectivity index (χ0v) is 17.1. The molecule has 2 aliphatic heterocycles. The lowest BCUT2D eigenvalue weighted by molar-refractivity contribution is -0.120. The maximum atomic E-state index is 13.8. The quantitative estimate of drug-likeness (QED) is 0.556. The Kier molecular flexibility index (Phi) is 4.62. The molecule has 0 bridgehead atoms. The van der Waals surface area contributed by atoms with E-state index in [0.717, 1.165) is 11.1 Å². The summed E-state index contributed by atoms with van der Waals surface area (Å²) in [6, 6.07) is 26.2. The van der Waals surface area contributed by atoms with Crippen LogP contribution >= 0.6 is 12.2 Å². The number of aliphatic imine (C=N–C) groups is 1.